The number of aryl methyl sites for hydroxylation is 1. The average molecular weight is 318 g/mol. The van der Waals surface area contributed by atoms with Gasteiger partial charge in [-0.15, -0.1) is 0 Å². The molecule has 0 aliphatic carbocycles. The van der Waals surface area contributed by atoms with Crippen molar-refractivity contribution in [3.63, 3.8) is 0 Å². The zero-order chi connectivity index (χ0) is 14.0. The largest absolute Gasteiger partial charge is 0.344 e. The maximum Gasteiger partial charge on any atom is 0.124 e. The van der Waals surface area contributed by atoms with E-state index in [1.807, 2.05) is 45.0 Å². The number of nitriles is 1. The van der Waals surface area contributed by atoms with Crippen LogP contribution in [0.5, 0.6) is 0 Å². The van der Waals surface area contributed by atoms with E-state index in [-0.39, 0.29) is 11.8 Å². The van der Waals surface area contributed by atoms with Gasteiger partial charge in [-0.3, -0.25) is 0 Å². The van der Waals surface area contributed by atoms with Crippen LogP contribution in [-0.2, 0) is 0 Å². The topological polar surface area (TPSA) is 52.5 Å². The Bertz CT molecular complexity index is 605. The van der Waals surface area contributed by atoms with Gasteiger partial charge < -0.3 is 4.98 Å². The fourth-order valence-electron chi connectivity index (χ4n) is 2.05. The molecule has 0 saturated carbocycles. The standard InChI is InChI=1S/C15H16BrN3/c1-9(2)13(8-17)15-18-10(3)14(19-15)11-4-6-12(16)7-5-11/h4-7,9,13H,1-3H3,(H,18,19). The number of benzene rings is 1. The molecular formula is C15H16BrN3. The number of aromatic amines is 1. The minimum atomic E-state index is -0.192. The summed E-state index contributed by atoms with van der Waals surface area (Å²) in [5.74, 6) is 0.809. The van der Waals surface area contributed by atoms with E-state index in [9.17, 15) is 5.26 Å². The lowest BCUT2D eigenvalue weighted by Gasteiger charge is -2.08. The van der Waals surface area contributed by atoms with Gasteiger partial charge in [-0.05, 0) is 25.0 Å². The van der Waals surface area contributed by atoms with Crippen molar-refractivity contribution in [1.82, 2.24) is 9.97 Å². The van der Waals surface area contributed by atoms with Crippen LogP contribution in [0.15, 0.2) is 28.7 Å². The van der Waals surface area contributed by atoms with Crippen LogP contribution in [0.25, 0.3) is 11.3 Å². The molecule has 0 radical (unpaired) electrons. The second kappa shape index (κ2) is 5.58. The molecule has 98 valence electrons. The Balaban J connectivity index is 2.42. The van der Waals surface area contributed by atoms with E-state index in [4.69, 9.17) is 0 Å². The number of rotatable bonds is 3. The van der Waals surface area contributed by atoms with Crippen LogP contribution in [-0.4, -0.2) is 9.97 Å². The van der Waals surface area contributed by atoms with Crippen molar-refractivity contribution in [1.29, 1.82) is 5.26 Å². The molecule has 3 nitrogen and oxygen atoms in total. The van der Waals surface area contributed by atoms with Gasteiger partial charge in [-0.2, -0.15) is 5.26 Å². The number of halogens is 1. The summed E-state index contributed by atoms with van der Waals surface area (Å²) in [7, 11) is 0. The van der Waals surface area contributed by atoms with Gasteiger partial charge in [-0.25, -0.2) is 4.98 Å². The molecule has 2 aromatic rings. The summed E-state index contributed by atoms with van der Waals surface area (Å²) in [5, 5.41) is 9.24. The van der Waals surface area contributed by atoms with Crippen molar-refractivity contribution in [2.45, 2.75) is 26.7 Å². The predicted molar refractivity (Wildman–Crippen MR) is 79.7 cm³/mol. The molecule has 1 aromatic carbocycles. The van der Waals surface area contributed by atoms with E-state index in [0.717, 1.165) is 27.2 Å². The van der Waals surface area contributed by atoms with Gasteiger partial charge in [0.25, 0.3) is 0 Å². The minimum Gasteiger partial charge on any atom is -0.344 e. The highest BCUT2D eigenvalue weighted by molar-refractivity contribution is 9.10. The third kappa shape index (κ3) is 2.87. The van der Waals surface area contributed by atoms with Gasteiger partial charge in [0, 0.05) is 15.7 Å². The predicted octanol–water partition coefficient (Wildman–Crippen LogP) is 4.41. The third-order valence-corrected chi connectivity index (χ3v) is 3.65. The Morgan fingerprint density at radius 1 is 1.26 bits per heavy atom. The lowest BCUT2D eigenvalue weighted by atomic mass is 9.97. The minimum absolute atomic E-state index is 0.192. The zero-order valence-electron chi connectivity index (χ0n) is 11.2. The number of nitrogens with one attached hydrogen (secondary N) is 1. The highest BCUT2D eigenvalue weighted by Gasteiger charge is 2.20. The van der Waals surface area contributed by atoms with Gasteiger partial charge in [0.2, 0.25) is 0 Å². The molecule has 1 N–H and O–H groups in total. The van der Waals surface area contributed by atoms with E-state index >= 15 is 0 Å². The third-order valence-electron chi connectivity index (χ3n) is 3.12. The summed E-state index contributed by atoms with van der Waals surface area (Å²) < 4.78 is 1.04. The number of H-pyrrole nitrogens is 1. The molecule has 1 unspecified atom stereocenters. The molecule has 0 aliphatic rings. The number of hydrogen-bond acceptors (Lipinski definition) is 2. The first-order chi connectivity index (χ1) is 9.02. The lowest BCUT2D eigenvalue weighted by Crippen LogP contribution is -2.06. The van der Waals surface area contributed by atoms with Gasteiger partial charge in [0.05, 0.1) is 11.8 Å². The van der Waals surface area contributed by atoms with Crippen LogP contribution in [0.1, 0.15) is 31.3 Å². The van der Waals surface area contributed by atoms with Crippen molar-refractivity contribution in [3.05, 3.63) is 40.3 Å². The Labute approximate surface area is 121 Å². The van der Waals surface area contributed by atoms with Gasteiger partial charge in [0.1, 0.15) is 11.7 Å². The molecule has 1 atom stereocenters. The highest BCUT2D eigenvalue weighted by atomic mass is 79.9. The number of imidazole rings is 1. The van der Waals surface area contributed by atoms with Gasteiger partial charge >= 0.3 is 0 Å². The van der Waals surface area contributed by atoms with Crippen LogP contribution in [0, 0.1) is 24.2 Å². The maximum absolute atomic E-state index is 9.24. The zero-order valence-corrected chi connectivity index (χ0v) is 12.8. The second-order valence-electron chi connectivity index (χ2n) is 4.95. The molecule has 0 saturated heterocycles. The summed E-state index contributed by atoms with van der Waals surface area (Å²) in [4.78, 5) is 7.85. The first kappa shape index (κ1) is 13.8. The van der Waals surface area contributed by atoms with E-state index in [0.29, 0.717) is 0 Å². The molecule has 2 rings (SSSR count). The fourth-order valence-corrected chi connectivity index (χ4v) is 2.31. The summed E-state index contributed by atoms with van der Waals surface area (Å²) in [6.45, 7) is 6.05. The van der Waals surface area contributed by atoms with Crippen LogP contribution >= 0.6 is 15.9 Å². The van der Waals surface area contributed by atoms with Gasteiger partial charge in [0.15, 0.2) is 0 Å². The van der Waals surface area contributed by atoms with E-state index < -0.39 is 0 Å². The second-order valence-corrected chi connectivity index (χ2v) is 5.87. The molecule has 1 heterocycles. The molecule has 0 fully saturated rings. The van der Waals surface area contributed by atoms with Crippen LogP contribution in [0.4, 0.5) is 0 Å². The number of nitrogens with zero attached hydrogens (tertiary/aromatic N) is 2. The number of aromatic nitrogens is 2. The summed E-state index contributed by atoms with van der Waals surface area (Å²) in [5.41, 5.74) is 2.98. The van der Waals surface area contributed by atoms with Crippen molar-refractivity contribution in [2.75, 3.05) is 0 Å². The Morgan fingerprint density at radius 3 is 2.42 bits per heavy atom. The monoisotopic (exact) mass is 317 g/mol. The number of hydrogen-bond donors (Lipinski definition) is 1. The average Bonchev–Trinajstić information content (AvgIpc) is 2.72. The normalized spacial score (nSPS) is 12.4. The molecule has 1 aromatic heterocycles. The Hall–Kier alpha value is -1.60. The molecular weight excluding hydrogens is 302 g/mol. The SMILES string of the molecule is Cc1[nH]c(C(C#N)C(C)C)nc1-c1ccc(Br)cc1. The Kier molecular flexibility index (Phi) is 4.06. The maximum atomic E-state index is 9.24. The van der Waals surface area contributed by atoms with Crippen molar-refractivity contribution < 1.29 is 0 Å². The van der Waals surface area contributed by atoms with Crippen molar-refractivity contribution >= 4 is 15.9 Å². The molecule has 4 heteroatoms. The lowest BCUT2D eigenvalue weighted by molar-refractivity contribution is 0.565. The van der Waals surface area contributed by atoms with E-state index in [1.165, 1.54) is 0 Å². The van der Waals surface area contributed by atoms with Crippen LogP contribution < -0.4 is 0 Å². The van der Waals surface area contributed by atoms with E-state index in [1.54, 1.807) is 0 Å². The molecule has 19 heavy (non-hydrogen) atoms. The molecule has 0 amide bonds. The fraction of sp³-hybridized carbons (Fsp3) is 0.333. The molecule has 0 aliphatic heterocycles. The Morgan fingerprint density at radius 2 is 1.89 bits per heavy atom. The summed E-state index contributed by atoms with van der Waals surface area (Å²) in [6.07, 6.45) is 0. The van der Waals surface area contributed by atoms with Crippen molar-refractivity contribution in [3.8, 4) is 17.3 Å². The first-order valence-corrected chi connectivity index (χ1v) is 7.04. The quantitative estimate of drug-likeness (QED) is 0.911. The van der Waals surface area contributed by atoms with Gasteiger partial charge in [-0.1, -0.05) is 41.9 Å². The first-order valence-electron chi connectivity index (χ1n) is 6.25. The molecule has 0 spiro atoms. The van der Waals surface area contributed by atoms with Crippen LogP contribution in [0.3, 0.4) is 0 Å². The van der Waals surface area contributed by atoms with E-state index in [2.05, 4.69) is 32.0 Å². The van der Waals surface area contributed by atoms with Crippen molar-refractivity contribution in [2.24, 2.45) is 5.92 Å². The summed E-state index contributed by atoms with van der Waals surface area (Å²) >= 11 is 3.42. The smallest absolute Gasteiger partial charge is 0.124 e. The van der Waals surface area contributed by atoms with Crippen LogP contribution in [0.2, 0.25) is 0 Å². The summed E-state index contributed by atoms with van der Waals surface area (Å²) in [6, 6.07) is 10.3. The molecule has 0 bridgehead atoms. The highest BCUT2D eigenvalue weighted by Crippen LogP contribution is 2.27.